The van der Waals surface area contributed by atoms with E-state index in [9.17, 15) is 0 Å². The van der Waals surface area contributed by atoms with Crippen LogP contribution in [0, 0.1) is 17.4 Å². The maximum absolute atomic E-state index is 4.94. The first-order valence-electron chi connectivity index (χ1n) is 5.00. The summed E-state index contributed by atoms with van der Waals surface area (Å²) in [7, 11) is 0. The van der Waals surface area contributed by atoms with Crippen LogP contribution in [-0.2, 0) is 4.74 Å². The molecule has 1 aromatic carbocycles. The second-order valence-electron chi connectivity index (χ2n) is 3.63. The van der Waals surface area contributed by atoms with Crippen LogP contribution < -0.4 is 0 Å². The predicted molar refractivity (Wildman–Crippen MR) is 68.7 cm³/mol. The molecule has 0 atom stereocenters. The molecule has 0 spiro atoms. The van der Waals surface area contributed by atoms with Gasteiger partial charge in [0, 0.05) is 16.8 Å². The van der Waals surface area contributed by atoms with Crippen molar-refractivity contribution >= 4 is 22.6 Å². The average Bonchev–Trinajstić information content (AvgIpc) is 2.56. The van der Waals surface area contributed by atoms with Crippen molar-refractivity contribution in [2.45, 2.75) is 26.7 Å². The number of aryl methyl sites for hydroxylation is 2. The van der Waals surface area contributed by atoms with Gasteiger partial charge >= 0.3 is 0 Å². The second kappa shape index (κ2) is 6.40. The zero-order chi connectivity index (χ0) is 10.4. The fourth-order valence-electron chi connectivity index (χ4n) is 1.43. The molecule has 78 valence electrons. The molecule has 1 fully saturated rings. The number of hydrogen-bond donors (Lipinski definition) is 0. The van der Waals surface area contributed by atoms with Crippen LogP contribution in [-0.4, -0.2) is 13.2 Å². The molecular formula is C12H17IO. The molecule has 0 aromatic heterocycles. The largest absolute Gasteiger partial charge is 0.381 e. The Morgan fingerprint density at radius 1 is 1.00 bits per heavy atom. The molecule has 0 saturated carbocycles. The van der Waals surface area contributed by atoms with Gasteiger partial charge in [0.05, 0.1) is 0 Å². The molecule has 1 aromatic rings. The van der Waals surface area contributed by atoms with Crippen molar-refractivity contribution in [3.63, 3.8) is 0 Å². The summed E-state index contributed by atoms with van der Waals surface area (Å²) in [5.74, 6) is 0. The number of halogens is 1. The number of hydrogen-bond acceptors (Lipinski definition) is 1. The van der Waals surface area contributed by atoms with E-state index in [0.29, 0.717) is 0 Å². The number of ether oxygens (including phenoxy) is 1. The van der Waals surface area contributed by atoms with E-state index < -0.39 is 0 Å². The Bertz CT molecular complexity index is 222. The van der Waals surface area contributed by atoms with Crippen LogP contribution in [0.2, 0.25) is 0 Å². The molecule has 1 heterocycles. The first kappa shape index (κ1) is 12.0. The van der Waals surface area contributed by atoms with Gasteiger partial charge in [0.1, 0.15) is 0 Å². The third-order valence-electron chi connectivity index (χ3n) is 2.01. The lowest BCUT2D eigenvalue weighted by Crippen LogP contribution is -1.77. The van der Waals surface area contributed by atoms with Crippen molar-refractivity contribution in [2.24, 2.45) is 0 Å². The van der Waals surface area contributed by atoms with Gasteiger partial charge in [-0.3, -0.25) is 0 Å². The summed E-state index contributed by atoms with van der Waals surface area (Å²) in [6, 6.07) is 6.53. The lowest BCUT2D eigenvalue weighted by atomic mass is 10.2. The third kappa shape index (κ3) is 4.96. The molecule has 2 heteroatoms. The number of rotatable bonds is 0. The van der Waals surface area contributed by atoms with Crippen LogP contribution in [0.15, 0.2) is 18.2 Å². The van der Waals surface area contributed by atoms with Crippen LogP contribution >= 0.6 is 22.6 Å². The van der Waals surface area contributed by atoms with Gasteiger partial charge < -0.3 is 4.74 Å². The van der Waals surface area contributed by atoms with Gasteiger partial charge in [-0.2, -0.15) is 0 Å². The predicted octanol–water partition coefficient (Wildman–Crippen LogP) is 3.70. The number of benzene rings is 1. The zero-order valence-corrected chi connectivity index (χ0v) is 11.0. The summed E-state index contributed by atoms with van der Waals surface area (Å²) in [4.78, 5) is 0. The first-order chi connectivity index (χ1) is 6.68. The highest BCUT2D eigenvalue weighted by Gasteiger charge is 1.94. The fraction of sp³-hybridized carbons (Fsp3) is 0.500. The molecule has 0 bridgehead atoms. The summed E-state index contributed by atoms with van der Waals surface area (Å²) in [5.41, 5.74) is 2.69. The molecule has 1 aliphatic heterocycles. The Labute approximate surface area is 100.0 Å². The van der Waals surface area contributed by atoms with Crippen LogP contribution in [0.25, 0.3) is 0 Å². The molecule has 0 aliphatic carbocycles. The molecule has 1 nitrogen and oxygen atoms in total. The molecule has 1 saturated heterocycles. The van der Waals surface area contributed by atoms with Crippen molar-refractivity contribution in [3.8, 4) is 0 Å². The Hall–Kier alpha value is -0.0900. The summed E-state index contributed by atoms with van der Waals surface area (Å²) >= 11 is 2.33. The fourth-order valence-corrected chi connectivity index (χ4v) is 2.41. The molecule has 2 rings (SSSR count). The van der Waals surface area contributed by atoms with Gasteiger partial charge in [-0.25, -0.2) is 0 Å². The zero-order valence-electron chi connectivity index (χ0n) is 8.85. The lowest BCUT2D eigenvalue weighted by molar-refractivity contribution is 0.198. The summed E-state index contributed by atoms with van der Waals surface area (Å²) in [6.07, 6.45) is 2.56. The summed E-state index contributed by atoms with van der Waals surface area (Å²) in [6.45, 7) is 6.24. The molecule has 0 amide bonds. The van der Waals surface area contributed by atoms with E-state index in [4.69, 9.17) is 4.74 Å². The van der Waals surface area contributed by atoms with E-state index in [1.54, 1.807) is 0 Å². The quantitative estimate of drug-likeness (QED) is 0.664. The van der Waals surface area contributed by atoms with E-state index in [0.717, 1.165) is 13.2 Å². The van der Waals surface area contributed by atoms with Crippen molar-refractivity contribution in [2.75, 3.05) is 13.2 Å². The van der Waals surface area contributed by atoms with E-state index in [-0.39, 0.29) is 0 Å². The minimum absolute atomic E-state index is 1.00. The Kier molecular flexibility index (Phi) is 5.48. The van der Waals surface area contributed by atoms with Gasteiger partial charge in [0.15, 0.2) is 0 Å². The SMILES string of the molecule is C1CCOC1.Cc1cc(C)cc(I)c1. The molecule has 14 heavy (non-hydrogen) atoms. The first-order valence-corrected chi connectivity index (χ1v) is 6.08. The van der Waals surface area contributed by atoms with Gasteiger partial charge in [-0.15, -0.1) is 0 Å². The average molecular weight is 304 g/mol. The monoisotopic (exact) mass is 304 g/mol. The van der Waals surface area contributed by atoms with Crippen molar-refractivity contribution in [1.82, 2.24) is 0 Å². The molecule has 1 aliphatic rings. The van der Waals surface area contributed by atoms with Gasteiger partial charge in [0.2, 0.25) is 0 Å². The Morgan fingerprint density at radius 3 is 1.79 bits per heavy atom. The highest BCUT2D eigenvalue weighted by Crippen LogP contribution is 2.10. The van der Waals surface area contributed by atoms with Crippen LogP contribution in [0.4, 0.5) is 0 Å². The van der Waals surface area contributed by atoms with Gasteiger partial charge in [0.25, 0.3) is 0 Å². The Morgan fingerprint density at radius 2 is 1.50 bits per heavy atom. The molecule has 0 unspecified atom stereocenters. The standard InChI is InChI=1S/C8H9I.C4H8O/c1-6-3-7(2)5-8(9)4-6;1-2-4-5-3-1/h3-5H,1-2H3;1-4H2. The topological polar surface area (TPSA) is 9.23 Å². The lowest BCUT2D eigenvalue weighted by Gasteiger charge is -1.95. The maximum atomic E-state index is 4.94. The van der Waals surface area contributed by atoms with E-state index in [1.807, 2.05) is 0 Å². The second-order valence-corrected chi connectivity index (χ2v) is 4.87. The van der Waals surface area contributed by atoms with Crippen LogP contribution in [0.5, 0.6) is 0 Å². The minimum atomic E-state index is 1.00. The summed E-state index contributed by atoms with van der Waals surface area (Å²) < 4.78 is 6.27. The molecule has 0 radical (unpaired) electrons. The molecule has 0 N–H and O–H groups in total. The smallest absolute Gasteiger partial charge is 0.0466 e. The van der Waals surface area contributed by atoms with Crippen LogP contribution in [0.3, 0.4) is 0 Å². The summed E-state index contributed by atoms with van der Waals surface area (Å²) in [5, 5.41) is 0. The Balaban J connectivity index is 0.000000165. The van der Waals surface area contributed by atoms with E-state index >= 15 is 0 Å². The van der Waals surface area contributed by atoms with E-state index in [1.165, 1.54) is 27.5 Å². The van der Waals surface area contributed by atoms with Gasteiger partial charge in [-0.05, 0) is 72.5 Å². The maximum Gasteiger partial charge on any atom is 0.0466 e. The third-order valence-corrected chi connectivity index (χ3v) is 2.64. The van der Waals surface area contributed by atoms with E-state index in [2.05, 4.69) is 54.6 Å². The van der Waals surface area contributed by atoms with Crippen LogP contribution in [0.1, 0.15) is 24.0 Å². The highest BCUT2D eigenvalue weighted by molar-refractivity contribution is 14.1. The molecular weight excluding hydrogens is 287 g/mol. The normalized spacial score (nSPS) is 14.8. The van der Waals surface area contributed by atoms with Gasteiger partial charge in [-0.1, -0.05) is 6.07 Å². The van der Waals surface area contributed by atoms with Crippen molar-refractivity contribution in [1.29, 1.82) is 0 Å². The van der Waals surface area contributed by atoms with Crippen molar-refractivity contribution in [3.05, 3.63) is 32.9 Å². The van der Waals surface area contributed by atoms with Crippen molar-refractivity contribution < 1.29 is 4.74 Å². The minimum Gasteiger partial charge on any atom is -0.381 e. The highest BCUT2D eigenvalue weighted by atomic mass is 127.